The van der Waals surface area contributed by atoms with Crippen LogP contribution in [0.5, 0.6) is 0 Å². The average molecular weight is 619 g/mol. The van der Waals surface area contributed by atoms with Crippen molar-refractivity contribution in [3.05, 3.63) is 16.8 Å². The molecule has 1 fully saturated rings. The van der Waals surface area contributed by atoms with E-state index in [9.17, 15) is 18.1 Å². The molecule has 2 aromatic heterocycles. The van der Waals surface area contributed by atoms with E-state index >= 15 is 0 Å². The Bertz CT molecular complexity index is 1260. The van der Waals surface area contributed by atoms with Crippen molar-refractivity contribution in [3.63, 3.8) is 0 Å². The van der Waals surface area contributed by atoms with Crippen molar-refractivity contribution in [3.8, 4) is 0 Å². The van der Waals surface area contributed by atoms with Crippen LogP contribution >= 0.6 is 30.8 Å². The van der Waals surface area contributed by atoms with Crippen molar-refractivity contribution >= 4 is 51.8 Å². The monoisotopic (exact) mass is 618 g/mol. The maximum Gasteiger partial charge on any atom is 0.374 e. The zero-order chi connectivity index (χ0) is 28.5. The summed E-state index contributed by atoms with van der Waals surface area (Å²) in [6.45, 7) is 7.72. The van der Waals surface area contributed by atoms with Gasteiger partial charge in [-0.15, -0.1) is 0 Å². The Labute approximate surface area is 231 Å². The maximum atomic E-state index is 13.3. The van der Waals surface area contributed by atoms with E-state index in [4.69, 9.17) is 46.5 Å². The van der Waals surface area contributed by atoms with Crippen LogP contribution in [0.4, 0.5) is 0 Å². The van der Waals surface area contributed by atoms with Gasteiger partial charge in [-0.3, -0.25) is 9.13 Å². The minimum atomic E-state index is -4.17. The third-order valence-corrected chi connectivity index (χ3v) is 11.0. The van der Waals surface area contributed by atoms with E-state index in [2.05, 4.69) is 15.0 Å². The zero-order valence-corrected chi connectivity index (χ0v) is 25.1. The molecule has 1 aliphatic heterocycles. The standard InChI is InChI=1S/C21H33Cl2N4O9PS/c1-7-34-37(29,35-8-2)20(38(6,30)31)32-10-14-12(3)13(9-33-21(4,5)28)18(36-14)27-11-24-15-16(22)25-19(23)26-17(15)27/h11-14,18,20,28H,7-10H2,1-6H3/t12-,13+,14+,18+,20?/m0/s1. The Morgan fingerprint density at radius 1 is 1.21 bits per heavy atom. The van der Waals surface area contributed by atoms with Crippen molar-refractivity contribution < 1.29 is 41.3 Å². The highest BCUT2D eigenvalue weighted by molar-refractivity contribution is 7.97. The van der Waals surface area contributed by atoms with Gasteiger partial charge in [-0.25, -0.2) is 18.4 Å². The molecule has 0 spiro atoms. The molecule has 0 amide bonds. The number of fused-ring (bicyclic) bond motifs is 1. The van der Waals surface area contributed by atoms with Crippen LogP contribution in [0.15, 0.2) is 6.33 Å². The third-order valence-electron chi connectivity index (χ3n) is 5.84. The molecule has 0 bridgehead atoms. The van der Waals surface area contributed by atoms with Gasteiger partial charge in [-0.2, -0.15) is 4.98 Å². The van der Waals surface area contributed by atoms with Crippen LogP contribution in [-0.2, 0) is 37.7 Å². The molecule has 13 nitrogen and oxygen atoms in total. The average Bonchev–Trinajstić information content (AvgIpc) is 3.32. The fourth-order valence-corrected chi connectivity index (χ4v) is 8.42. The molecule has 1 N–H and O–H groups in total. The van der Waals surface area contributed by atoms with Gasteiger partial charge in [-0.05, 0) is 45.2 Å². The quantitative estimate of drug-likeness (QED) is 0.150. The molecule has 0 radical (unpaired) electrons. The molecule has 1 unspecified atom stereocenters. The van der Waals surface area contributed by atoms with Crippen molar-refractivity contribution in [1.29, 1.82) is 0 Å². The second-order valence-electron chi connectivity index (χ2n) is 9.30. The normalized spacial score (nSPS) is 23.8. The lowest BCUT2D eigenvalue weighted by atomic mass is 9.91. The second-order valence-corrected chi connectivity index (χ2v) is 14.5. The molecule has 5 atom stereocenters. The molecule has 38 heavy (non-hydrogen) atoms. The molecule has 0 saturated carbocycles. The van der Waals surface area contributed by atoms with Crippen molar-refractivity contribution in [1.82, 2.24) is 19.5 Å². The zero-order valence-electron chi connectivity index (χ0n) is 21.9. The molecule has 216 valence electrons. The van der Waals surface area contributed by atoms with Crippen LogP contribution in [0.1, 0.15) is 40.8 Å². The van der Waals surface area contributed by atoms with Gasteiger partial charge in [0.2, 0.25) is 5.28 Å². The van der Waals surface area contributed by atoms with Gasteiger partial charge in [0.15, 0.2) is 26.4 Å². The van der Waals surface area contributed by atoms with E-state index in [1.165, 1.54) is 20.2 Å². The van der Waals surface area contributed by atoms with Crippen LogP contribution in [0.3, 0.4) is 0 Å². The van der Waals surface area contributed by atoms with Gasteiger partial charge in [0, 0.05) is 12.2 Å². The minimum absolute atomic E-state index is 0.0396. The lowest BCUT2D eigenvalue weighted by molar-refractivity contribution is -0.190. The first-order valence-corrected chi connectivity index (χ1v) is 16.2. The first kappa shape index (κ1) is 31.6. The molecular formula is C21H33Cl2N4O9PS. The molecule has 1 saturated heterocycles. The van der Waals surface area contributed by atoms with Gasteiger partial charge in [-0.1, -0.05) is 18.5 Å². The van der Waals surface area contributed by atoms with Gasteiger partial charge < -0.3 is 28.4 Å². The summed E-state index contributed by atoms with van der Waals surface area (Å²) in [5.41, 5.74) is 0.619. The Hall–Kier alpha value is -0.930. The Balaban J connectivity index is 1.93. The number of hydrogen-bond donors (Lipinski definition) is 1. The topological polar surface area (TPSA) is 161 Å². The first-order chi connectivity index (χ1) is 17.6. The fraction of sp³-hybridized carbons (Fsp3) is 0.762. The highest BCUT2D eigenvalue weighted by Gasteiger charge is 2.48. The second kappa shape index (κ2) is 12.3. The number of aliphatic hydroxyl groups is 1. The molecule has 0 aliphatic carbocycles. The predicted octanol–water partition coefficient (Wildman–Crippen LogP) is 3.64. The summed E-state index contributed by atoms with van der Waals surface area (Å²) in [4.78, 5) is 12.4. The predicted molar refractivity (Wildman–Crippen MR) is 140 cm³/mol. The largest absolute Gasteiger partial charge is 0.374 e. The van der Waals surface area contributed by atoms with E-state index in [1.54, 1.807) is 18.4 Å². The minimum Gasteiger partial charge on any atom is -0.366 e. The fourth-order valence-electron chi connectivity index (χ4n) is 4.13. The van der Waals surface area contributed by atoms with E-state index in [-0.39, 0.29) is 48.7 Å². The number of sulfone groups is 1. The maximum absolute atomic E-state index is 13.3. The smallest absolute Gasteiger partial charge is 0.366 e. The van der Waals surface area contributed by atoms with Crippen LogP contribution in [0.2, 0.25) is 10.4 Å². The Morgan fingerprint density at radius 3 is 2.39 bits per heavy atom. The number of nitrogens with zero attached hydrogens (tertiary/aromatic N) is 4. The van der Waals surface area contributed by atoms with E-state index in [0.717, 1.165) is 6.26 Å². The summed E-state index contributed by atoms with van der Waals surface area (Å²) >= 11 is 12.2. The van der Waals surface area contributed by atoms with Gasteiger partial charge in [0.05, 0.1) is 38.9 Å². The SMILES string of the molecule is CCOP(=O)(OCC)C(OC[C@H]1O[C@@H](n2cnc3c(Cl)nc(Cl)nc32)[C@H](COC(C)(C)O)[C@@H]1C)S(C)(=O)=O. The summed E-state index contributed by atoms with van der Waals surface area (Å²) in [5.74, 6) is -2.11. The van der Waals surface area contributed by atoms with Gasteiger partial charge in [0.1, 0.15) is 11.7 Å². The number of rotatable bonds is 13. The van der Waals surface area contributed by atoms with Crippen LogP contribution in [0.25, 0.3) is 11.2 Å². The Morgan fingerprint density at radius 2 is 1.84 bits per heavy atom. The first-order valence-electron chi connectivity index (χ1n) is 11.9. The number of ether oxygens (including phenoxy) is 3. The molecular weight excluding hydrogens is 586 g/mol. The van der Waals surface area contributed by atoms with Crippen LogP contribution in [-0.4, -0.2) is 82.8 Å². The number of imidazole rings is 1. The van der Waals surface area contributed by atoms with E-state index in [0.29, 0.717) is 11.2 Å². The molecule has 17 heteroatoms. The lowest BCUT2D eigenvalue weighted by Crippen LogP contribution is -2.33. The van der Waals surface area contributed by atoms with E-state index < -0.39 is 40.7 Å². The Kier molecular flexibility index (Phi) is 10.2. The van der Waals surface area contributed by atoms with Crippen molar-refractivity contribution in [2.45, 2.75) is 57.9 Å². The lowest BCUT2D eigenvalue weighted by Gasteiger charge is -2.27. The summed E-state index contributed by atoms with van der Waals surface area (Å²) in [6, 6.07) is 0. The van der Waals surface area contributed by atoms with Gasteiger partial charge in [0.25, 0.3) is 5.18 Å². The number of hydrogen-bond acceptors (Lipinski definition) is 12. The van der Waals surface area contributed by atoms with E-state index in [1.807, 2.05) is 6.92 Å². The summed E-state index contributed by atoms with van der Waals surface area (Å²) < 4.78 is 68.2. The summed E-state index contributed by atoms with van der Waals surface area (Å²) in [5, 5.41) is 8.29. The number of halogens is 2. The molecule has 3 rings (SSSR count). The summed E-state index contributed by atoms with van der Waals surface area (Å²) in [6.07, 6.45) is 0.933. The molecule has 3 heterocycles. The van der Waals surface area contributed by atoms with Crippen molar-refractivity contribution in [2.24, 2.45) is 11.8 Å². The van der Waals surface area contributed by atoms with Crippen LogP contribution in [0, 0.1) is 11.8 Å². The van der Waals surface area contributed by atoms with Crippen molar-refractivity contribution in [2.75, 3.05) is 32.7 Å². The van der Waals surface area contributed by atoms with Gasteiger partial charge >= 0.3 is 7.60 Å². The number of aromatic nitrogens is 4. The highest BCUT2D eigenvalue weighted by atomic mass is 35.5. The highest BCUT2D eigenvalue weighted by Crippen LogP contribution is 2.55. The molecule has 1 aliphatic rings. The molecule has 0 aromatic carbocycles. The summed E-state index contributed by atoms with van der Waals surface area (Å²) in [7, 11) is -8.19. The third kappa shape index (κ3) is 7.22. The molecule has 2 aromatic rings. The van der Waals surface area contributed by atoms with Crippen LogP contribution < -0.4 is 0 Å².